The standard InChI is InChI=1S/C17H24FN3O3/c1-12-2-3-13(10-14(12)18)15(22)20-6-7-21-16(23)17(11-19)4-8-24-9-5-17/h2-3,10H,4-9,11,19H2,1H3,(H,20,22)(H,21,23). The highest BCUT2D eigenvalue weighted by atomic mass is 19.1. The first-order valence-electron chi connectivity index (χ1n) is 8.09. The number of halogens is 1. The van der Waals surface area contributed by atoms with Crippen LogP contribution in [0, 0.1) is 18.2 Å². The number of hydrogen-bond donors (Lipinski definition) is 3. The van der Waals surface area contributed by atoms with Gasteiger partial charge in [0.1, 0.15) is 5.82 Å². The topological polar surface area (TPSA) is 93.5 Å². The highest BCUT2D eigenvalue weighted by molar-refractivity contribution is 5.94. The maximum Gasteiger partial charge on any atom is 0.251 e. The Morgan fingerprint density at radius 1 is 1.25 bits per heavy atom. The third kappa shape index (κ3) is 4.30. The number of carbonyl (C=O) groups excluding carboxylic acids is 2. The van der Waals surface area contributed by atoms with Crippen LogP contribution in [0.25, 0.3) is 0 Å². The monoisotopic (exact) mass is 337 g/mol. The van der Waals surface area contributed by atoms with Crippen LogP contribution >= 0.6 is 0 Å². The Hall–Kier alpha value is -1.99. The van der Waals surface area contributed by atoms with E-state index in [4.69, 9.17) is 10.5 Å². The fraction of sp³-hybridized carbons (Fsp3) is 0.529. The molecule has 1 heterocycles. The van der Waals surface area contributed by atoms with Crippen molar-refractivity contribution < 1.29 is 18.7 Å². The summed E-state index contributed by atoms with van der Waals surface area (Å²) in [4.78, 5) is 24.3. The van der Waals surface area contributed by atoms with Gasteiger partial charge in [-0.1, -0.05) is 6.07 Å². The van der Waals surface area contributed by atoms with Gasteiger partial charge in [0.15, 0.2) is 0 Å². The number of nitrogens with two attached hydrogens (primary N) is 1. The Morgan fingerprint density at radius 2 is 1.92 bits per heavy atom. The van der Waals surface area contributed by atoms with Crippen molar-refractivity contribution in [3.8, 4) is 0 Å². The molecule has 1 saturated heterocycles. The normalized spacial score (nSPS) is 16.5. The van der Waals surface area contributed by atoms with E-state index in [1.165, 1.54) is 6.07 Å². The lowest BCUT2D eigenvalue weighted by molar-refractivity contribution is -0.135. The Bertz CT molecular complexity index is 601. The molecular weight excluding hydrogens is 313 g/mol. The van der Waals surface area contributed by atoms with Gasteiger partial charge in [0.05, 0.1) is 5.41 Å². The molecular formula is C17H24FN3O3. The molecule has 0 unspecified atom stereocenters. The van der Waals surface area contributed by atoms with Crippen molar-refractivity contribution in [3.05, 3.63) is 35.1 Å². The molecule has 2 amide bonds. The molecule has 24 heavy (non-hydrogen) atoms. The van der Waals surface area contributed by atoms with Crippen LogP contribution in [0.15, 0.2) is 18.2 Å². The summed E-state index contributed by atoms with van der Waals surface area (Å²) in [5, 5.41) is 5.47. The third-order valence-electron chi connectivity index (χ3n) is 4.45. The highest BCUT2D eigenvalue weighted by Gasteiger charge is 2.38. The Kier molecular flexibility index (Phi) is 6.28. The van der Waals surface area contributed by atoms with E-state index in [9.17, 15) is 14.0 Å². The molecule has 0 aromatic heterocycles. The van der Waals surface area contributed by atoms with Gasteiger partial charge in [0.2, 0.25) is 5.91 Å². The molecule has 2 rings (SSSR count). The minimum Gasteiger partial charge on any atom is -0.381 e. The minimum atomic E-state index is -0.581. The summed E-state index contributed by atoms with van der Waals surface area (Å²) in [6, 6.07) is 4.33. The van der Waals surface area contributed by atoms with Crippen LogP contribution in [0.1, 0.15) is 28.8 Å². The molecule has 1 aromatic rings. The quantitative estimate of drug-likeness (QED) is 0.667. The molecule has 0 radical (unpaired) electrons. The van der Waals surface area contributed by atoms with Crippen molar-refractivity contribution >= 4 is 11.8 Å². The molecule has 1 fully saturated rings. The first-order chi connectivity index (χ1) is 11.5. The van der Waals surface area contributed by atoms with Gasteiger partial charge in [0, 0.05) is 38.4 Å². The Morgan fingerprint density at radius 3 is 2.54 bits per heavy atom. The van der Waals surface area contributed by atoms with Gasteiger partial charge >= 0.3 is 0 Å². The fourth-order valence-electron chi connectivity index (χ4n) is 2.66. The molecule has 0 aliphatic carbocycles. The van der Waals surface area contributed by atoms with Gasteiger partial charge in [-0.25, -0.2) is 4.39 Å². The van der Waals surface area contributed by atoms with Crippen LogP contribution in [0.5, 0.6) is 0 Å². The van der Waals surface area contributed by atoms with Crippen LogP contribution in [-0.4, -0.2) is 44.7 Å². The molecule has 0 bridgehead atoms. The van der Waals surface area contributed by atoms with Crippen molar-refractivity contribution in [2.24, 2.45) is 11.1 Å². The molecule has 7 heteroatoms. The second-order valence-electron chi connectivity index (χ2n) is 6.07. The lowest BCUT2D eigenvalue weighted by Crippen LogP contribution is -2.50. The number of aryl methyl sites for hydroxylation is 1. The molecule has 0 spiro atoms. The molecule has 1 aliphatic heterocycles. The number of amides is 2. The van der Waals surface area contributed by atoms with Crippen LogP contribution < -0.4 is 16.4 Å². The number of benzene rings is 1. The SMILES string of the molecule is Cc1ccc(C(=O)NCCNC(=O)C2(CN)CCOCC2)cc1F. The van der Waals surface area contributed by atoms with Gasteiger partial charge in [-0.15, -0.1) is 0 Å². The number of nitrogens with one attached hydrogen (secondary N) is 2. The van der Waals surface area contributed by atoms with Crippen LogP contribution in [0.4, 0.5) is 4.39 Å². The molecule has 0 saturated carbocycles. The van der Waals surface area contributed by atoms with Crippen molar-refractivity contribution in [2.45, 2.75) is 19.8 Å². The largest absolute Gasteiger partial charge is 0.381 e. The fourth-order valence-corrected chi connectivity index (χ4v) is 2.66. The molecule has 6 nitrogen and oxygen atoms in total. The zero-order valence-corrected chi connectivity index (χ0v) is 13.9. The van der Waals surface area contributed by atoms with E-state index >= 15 is 0 Å². The summed E-state index contributed by atoms with van der Waals surface area (Å²) in [6.07, 6.45) is 1.20. The maximum absolute atomic E-state index is 13.5. The van der Waals surface area contributed by atoms with E-state index < -0.39 is 11.2 Å². The predicted octanol–water partition coefficient (Wildman–Crippen LogP) is 0.736. The number of carbonyl (C=O) groups is 2. The average molecular weight is 337 g/mol. The smallest absolute Gasteiger partial charge is 0.251 e. The van der Waals surface area contributed by atoms with Gasteiger partial charge in [-0.2, -0.15) is 0 Å². The summed E-state index contributed by atoms with van der Waals surface area (Å²) in [5.74, 6) is -0.896. The highest BCUT2D eigenvalue weighted by Crippen LogP contribution is 2.29. The summed E-state index contributed by atoms with van der Waals surface area (Å²) in [7, 11) is 0. The van der Waals surface area contributed by atoms with E-state index in [0.29, 0.717) is 38.2 Å². The second-order valence-corrected chi connectivity index (χ2v) is 6.07. The lowest BCUT2D eigenvalue weighted by atomic mass is 9.79. The summed E-state index contributed by atoms with van der Waals surface area (Å²) < 4.78 is 18.7. The van der Waals surface area contributed by atoms with E-state index in [1.807, 2.05) is 0 Å². The van der Waals surface area contributed by atoms with Gasteiger partial charge < -0.3 is 21.1 Å². The van der Waals surface area contributed by atoms with Crippen LogP contribution in [0.2, 0.25) is 0 Å². The lowest BCUT2D eigenvalue weighted by Gasteiger charge is -2.34. The van der Waals surface area contributed by atoms with E-state index in [-0.39, 0.29) is 30.5 Å². The molecule has 4 N–H and O–H groups in total. The molecule has 0 atom stereocenters. The summed E-state index contributed by atoms with van der Waals surface area (Å²) in [6.45, 7) is 3.52. The van der Waals surface area contributed by atoms with Crippen molar-refractivity contribution in [2.75, 3.05) is 32.8 Å². The van der Waals surface area contributed by atoms with Crippen molar-refractivity contribution in [3.63, 3.8) is 0 Å². The van der Waals surface area contributed by atoms with Gasteiger partial charge in [0.25, 0.3) is 5.91 Å². The van der Waals surface area contributed by atoms with E-state index in [2.05, 4.69) is 10.6 Å². The van der Waals surface area contributed by atoms with Crippen molar-refractivity contribution in [1.29, 1.82) is 0 Å². The molecule has 132 valence electrons. The van der Waals surface area contributed by atoms with Gasteiger partial charge in [-0.05, 0) is 37.5 Å². The minimum absolute atomic E-state index is 0.107. The zero-order valence-electron chi connectivity index (χ0n) is 13.9. The van der Waals surface area contributed by atoms with Gasteiger partial charge in [-0.3, -0.25) is 9.59 Å². The zero-order chi connectivity index (χ0) is 17.6. The van der Waals surface area contributed by atoms with E-state index in [0.717, 1.165) is 0 Å². The Balaban J connectivity index is 1.78. The maximum atomic E-state index is 13.5. The predicted molar refractivity (Wildman–Crippen MR) is 88.0 cm³/mol. The van der Waals surface area contributed by atoms with E-state index in [1.54, 1.807) is 19.1 Å². The Labute approximate surface area is 140 Å². The van der Waals surface area contributed by atoms with Crippen LogP contribution in [0.3, 0.4) is 0 Å². The summed E-state index contributed by atoms with van der Waals surface area (Å²) >= 11 is 0. The van der Waals surface area contributed by atoms with Crippen LogP contribution in [-0.2, 0) is 9.53 Å². The molecule has 1 aliphatic rings. The molecule has 1 aromatic carbocycles. The third-order valence-corrected chi connectivity index (χ3v) is 4.45. The number of hydrogen-bond acceptors (Lipinski definition) is 4. The first-order valence-corrected chi connectivity index (χ1v) is 8.09. The first kappa shape index (κ1) is 18.4. The average Bonchev–Trinajstić information content (AvgIpc) is 2.61. The number of rotatable bonds is 6. The second kappa shape index (κ2) is 8.21. The number of ether oxygens (including phenoxy) is 1. The van der Waals surface area contributed by atoms with Crippen molar-refractivity contribution in [1.82, 2.24) is 10.6 Å². The summed E-state index contributed by atoms with van der Waals surface area (Å²) in [5.41, 5.74) is 5.94.